The molecular formula is C11H14N2S. The van der Waals surface area contributed by atoms with Crippen molar-refractivity contribution in [1.29, 1.82) is 5.41 Å². The van der Waals surface area contributed by atoms with Crippen LogP contribution in [-0.4, -0.2) is 10.9 Å². The van der Waals surface area contributed by atoms with Gasteiger partial charge in [-0.25, -0.2) is 0 Å². The van der Waals surface area contributed by atoms with Crippen molar-refractivity contribution in [3.63, 3.8) is 0 Å². The van der Waals surface area contributed by atoms with Gasteiger partial charge in [-0.05, 0) is 18.1 Å². The minimum absolute atomic E-state index is 0.169. The highest BCUT2D eigenvalue weighted by Crippen LogP contribution is 2.13. The molecule has 14 heavy (non-hydrogen) atoms. The summed E-state index contributed by atoms with van der Waals surface area (Å²) in [6, 6.07) is 10.2. The summed E-state index contributed by atoms with van der Waals surface area (Å²) in [5.41, 5.74) is 7.68. The summed E-state index contributed by atoms with van der Waals surface area (Å²) in [6.07, 6.45) is 2.08. The van der Waals surface area contributed by atoms with E-state index >= 15 is 0 Å². The zero-order chi connectivity index (χ0) is 10.4. The van der Waals surface area contributed by atoms with Gasteiger partial charge in [0.25, 0.3) is 0 Å². The number of nitrogens with one attached hydrogen (secondary N) is 1. The van der Waals surface area contributed by atoms with Gasteiger partial charge in [-0.2, -0.15) is 0 Å². The lowest BCUT2D eigenvalue weighted by Gasteiger charge is -2.00. The molecule has 74 valence electrons. The lowest BCUT2D eigenvalue weighted by Crippen LogP contribution is -2.03. The van der Waals surface area contributed by atoms with Crippen molar-refractivity contribution in [2.45, 2.75) is 6.92 Å². The molecule has 0 aromatic heterocycles. The molecule has 0 saturated carbocycles. The summed E-state index contributed by atoms with van der Waals surface area (Å²) in [5.74, 6) is 0.760. The normalized spacial score (nSPS) is 11.4. The van der Waals surface area contributed by atoms with Crippen LogP contribution in [0.15, 0.2) is 36.4 Å². The molecule has 0 atom stereocenters. The Morgan fingerprint density at radius 1 is 1.43 bits per heavy atom. The van der Waals surface area contributed by atoms with Gasteiger partial charge in [-0.3, -0.25) is 5.41 Å². The van der Waals surface area contributed by atoms with Gasteiger partial charge in [0.15, 0.2) is 5.17 Å². The fourth-order valence-corrected chi connectivity index (χ4v) is 1.59. The monoisotopic (exact) mass is 206 g/mol. The molecule has 1 aromatic carbocycles. The van der Waals surface area contributed by atoms with Crippen LogP contribution in [0.5, 0.6) is 0 Å². The zero-order valence-electron chi connectivity index (χ0n) is 8.16. The Kier molecular flexibility index (Phi) is 4.26. The van der Waals surface area contributed by atoms with Crippen LogP contribution in [0, 0.1) is 5.41 Å². The van der Waals surface area contributed by atoms with Gasteiger partial charge in [0.2, 0.25) is 0 Å². The molecule has 1 rings (SSSR count). The molecule has 0 amide bonds. The number of benzene rings is 1. The van der Waals surface area contributed by atoms with E-state index < -0.39 is 0 Å². The standard InChI is InChI=1S/C11H14N2S/c1-9(7-8-14-11(12)13)10-5-3-2-4-6-10/h2-7H,8H2,1H3,(H3,12,13)/b9-7+. The lowest BCUT2D eigenvalue weighted by atomic mass is 10.1. The summed E-state index contributed by atoms with van der Waals surface area (Å²) >= 11 is 1.34. The Balaban J connectivity index is 2.57. The number of hydrogen-bond donors (Lipinski definition) is 2. The van der Waals surface area contributed by atoms with Crippen LogP contribution in [0.3, 0.4) is 0 Å². The fraction of sp³-hybridized carbons (Fsp3) is 0.182. The van der Waals surface area contributed by atoms with E-state index in [2.05, 4.69) is 25.1 Å². The predicted molar refractivity (Wildman–Crippen MR) is 64.5 cm³/mol. The van der Waals surface area contributed by atoms with E-state index in [1.54, 1.807) is 0 Å². The molecule has 2 nitrogen and oxygen atoms in total. The van der Waals surface area contributed by atoms with E-state index in [4.69, 9.17) is 11.1 Å². The van der Waals surface area contributed by atoms with Crippen LogP contribution in [0.25, 0.3) is 5.57 Å². The molecular weight excluding hydrogens is 192 g/mol. The highest BCUT2D eigenvalue weighted by molar-refractivity contribution is 8.13. The molecule has 0 bridgehead atoms. The van der Waals surface area contributed by atoms with Crippen molar-refractivity contribution in [2.24, 2.45) is 5.73 Å². The number of thioether (sulfide) groups is 1. The van der Waals surface area contributed by atoms with Gasteiger partial charge in [0.05, 0.1) is 0 Å². The Bertz CT molecular complexity index is 330. The third-order valence-corrected chi connectivity index (χ3v) is 2.50. The number of allylic oxidation sites excluding steroid dienone is 1. The SMILES string of the molecule is C/C(=C\CSC(=N)N)c1ccccc1. The molecule has 1 aromatic rings. The second-order valence-electron chi connectivity index (χ2n) is 2.93. The van der Waals surface area contributed by atoms with Crippen LogP contribution < -0.4 is 5.73 Å². The Morgan fingerprint density at radius 3 is 2.64 bits per heavy atom. The smallest absolute Gasteiger partial charge is 0.151 e. The third kappa shape index (κ3) is 3.66. The molecule has 0 aliphatic rings. The average Bonchev–Trinajstić information content (AvgIpc) is 2.18. The van der Waals surface area contributed by atoms with E-state index in [1.165, 1.54) is 22.9 Å². The maximum Gasteiger partial charge on any atom is 0.151 e. The van der Waals surface area contributed by atoms with Crippen LogP contribution >= 0.6 is 11.8 Å². The minimum atomic E-state index is 0.169. The third-order valence-electron chi connectivity index (χ3n) is 1.86. The molecule has 3 heteroatoms. The highest BCUT2D eigenvalue weighted by atomic mass is 32.2. The first kappa shape index (κ1) is 10.9. The van der Waals surface area contributed by atoms with Crippen LogP contribution in [0.2, 0.25) is 0 Å². The maximum absolute atomic E-state index is 7.05. The summed E-state index contributed by atoms with van der Waals surface area (Å²) in [6.45, 7) is 2.07. The van der Waals surface area contributed by atoms with Crippen molar-refractivity contribution in [3.05, 3.63) is 42.0 Å². The largest absolute Gasteiger partial charge is 0.379 e. The van der Waals surface area contributed by atoms with Crippen molar-refractivity contribution in [2.75, 3.05) is 5.75 Å². The lowest BCUT2D eigenvalue weighted by molar-refractivity contribution is 1.50. The molecule has 3 N–H and O–H groups in total. The average molecular weight is 206 g/mol. The molecule has 0 saturated heterocycles. The van der Waals surface area contributed by atoms with E-state index in [9.17, 15) is 0 Å². The quantitative estimate of drug-likeness (QED) is 0.590. The highest BCUT2D eigenvalue weighted by Gasteiger charge is 1.93. The van der Waals surface area contributed by atoms with Gasteiger partial charge in [-0.15, -0.1) is 0 Å². The van der Waals surface area contributed by atoms with Gasteiger partial charge >= 0.3 is 0 Å². The van der Waals surface area contributed by atoms with Crippen LogP contribution in [-0.2, 0) is 0 Å². The molecule has 0 aliphatic carbocycles. The first-order chi connectivity index (χ1) is 6.70. The molecule has 0 radical (unpaired) electrons. The number of rotatable bonds is 3. The van der Waals surface area contributed by atoms with E-state index in [0.717, 1.165) is 5.75 Å². The first-order valence-corrected chi connectivity index (χ1v) is 5.37. The summed E-state index contributed by atoms with van der Waals surface area (Å²) < 4.78 is 0. The summed E-state index contributed by atoms with van der Waals surface area (Å²) in [4.78, 5) is 0. The van der Waals surface area contributed by atoms with Crippen molar-refractivity contribution >= 4 is 22.5 Å². The van der Waals surface area contributed by atoms with Gasteiger partial charge < -0.3 is 5.73 Å². The Labute approximate surface area is 88.7 Å². The Morgan fingerprint density at radius 2 is 2.07 bits per heavy atom. The minimum Gasteiger partial charge on any atom is -0.379 e. The summed E-state index contributed by atoms with van der Waals surface area (Å²) in [7, 11) is 0. The van der Waals surface area contributed by atoms with Crippen molar-refractivity contribution in [3.8, 4) is 0 Å². The number of hydrogen-bond acceptors (Lipinski definition) is 2. The van der Waals surface area contributed by atoms with Crippen LogP contribution in [0.4, 0.5) is 0 Å². The Hall–Kier alpha value is -1.22. The second kappa shape index (κ2) is 5.50. The predicted octanol–water partition coefficient (Wildman–Crippen LogP) is 2.72. The van der Waals surface area contributed by atoms with Gasteiger partial charge in [-0.1, -0.05) is 48.2 Å². The maximum atomic E-state index is 7.05. The number of amidine groups is 1. The number of nitrogens with two attached hydrogens (primary N) is 1. The molecule has 0 heterocycles. The van der Waals surface area contributed by atoms with Crippen LogP contribution in [0.1, 0.15) is 12.5 Å². The topological polar surface area (TPSA) is 49.9 Å². The zero-order valence-corrected chi connectivity index (χ0v) is 8.97. The van der Waals surface area contributed by atoms with Gasteiger partial charge in [0, 0.05) is 5.75 Å². The van der Waals surface area contributed by atoms with Gasteiger partial charge in [0.1, 0.15) is 0 Å². The van der Waals surface area contributed by atoms with E-state index in [-0.39, 0.29) is 5.17 Å². The van der Waals surface area contributed by atoms with E-state index in [1.807, 2.05) is 18.2 Å². The van der Waals surface area contributed by atoms with Crippen molar-refractivity contribution < 1.29 is 0 Å². The molecule has 0 aliphatic heterocycles. The molecule has 0 unspecified atom stereocenters. The second-order valence-corrected chi connectivity index (χ2v) is 3.99. The molecule has 0 spiro atoms. The first-order valence-electron chi connectivity index (χ1n) is 4.39. The summed E-state index contributed by atoms with van der Waals surface area (Å²) in [5, 5.41) is 7.22. The fourth-order valence-electron chi connectivity index (χ4n) is 1.08. The van der Waals surface area contributed by atoms with E-state index in [0.29, 0.717) is 0 Å². The molecule has 0 fully saturated rings. The van der Waals surface area contributed by atoms with Crippen molar-refractivity contribution in [1.82, 2.24) is 0 Å².